The van der Waals surface area contributed by atoms with E-state index in [2.05, 4.69) is 100 Å². The standard InChI is InChI=1S/C13H8Cl2.C13H9.C11H17.2ClH.Zr/c14-12-5-1-3-10(8-12)7-11-4-2-6-13(15)9-11;1-3-7-12-10(5-1)9-11-6-2-4-8-13(11)12;1-5-9-6-7-10(8-9)11(2,3)4;;;/h1-6,8-9H;1-5,7-8H,9H2;6-8H,5H2,1-4H3;2*1H;/q;2*-1;;;+2/p-2. The molecule has 0 heterocycles. The van der Waals surface area contributed by atoms with Gasteiger partial charge < -0.3 is 24.8 Å². The van der Waals surface area contributed by atoms with Crippen LogP contribution in [-0.2, 0) is 42.5 Å². The summed E-state index contributed by atoms with van der Waals surface area (Å²) in [4.78, 5) is 0. The molecule has 0 nitrogen and oxygen atoms in total. The van der Waals surface area contributed by atoms with Gasteiger partial charge in [0.2, 0.25) is 0 Å². The van der Waals surface area contributed by atoms with E-state index in [1.807, 2.05) is 42.5 Å². The third-order valence-electron chi connectivity index (χ3n) is 6.94. The first kappa shape index (κ1) is 36.3. The molecule has 0 aromatic heterocycles. The number of hydrogen-bond donors (Lipinski definition) is 0. The number of aryl methyl sites for hydroxylation is 1. The molecule has 5 aromatic rings. The van der Waals surface area contributed by atoms with Crippen LogP contribution >= 0.6 is 23.2 Å². The summed E-state index contributed by atoms with van der Waals surface area (Å²) in [6, 6.07) is 40.7. The minimum Gasteiger partial charge on any atom is -1.00 e. The maximum absolute atomic E-state index is 5.98. The second-order valence-electron chi connectivity index (χ2n) is 10.9. The maximum atomic E-state index is 5.98. The topological polar surface area (TPSA) is 0 Å². The van der Waals surface area contributed by atoms with E-state index in [-0.39, 0.29) is 24.8 Å². The van der Waals surface area contributed by atoms with Crippen LogP contribution in [0.2, 0.25) is 10.0 Å². The van der Waals surface area contributed by atoms with Crippen LogP contribution in [0.1, 0.15) is 61.1 Å². The van der Waals surface area contributed by atoms with Crippen molar-refractivity contribution in [3.05, 3.63) is 159 Å². The average Bonchev–Trinajstić information content (AvgIpc) is 3.59. The van der Waals surface area contributed by atoms with Crippen molar-refractivity contribution in [2.75, 3.05) is 0 Å². The molecule has 5 aromatic carbocycles. The van der Waals surface area contributed by atoms with Gasteiger partial charge in [0, 0.05) is 0 Å². The van der Waals surface area contributed by atoms with Crippen molar-refractivity contribution in [3.63, 3.8) is 0 Å². The summed E-state index contributed by atoms with van der Waals surface area (Å²) in [7, 11) is 0. The van der Waals surface area contributed by atoms with Gasteiger partial charge in [-0.3, -0.25) is 0 Å². The van der Waals surface area contributed by atoms with Gasteiger partial charge >= 0.3 is 120 Å². The van der Waals surface area contributed by atoms with Crippen molar-refractivity contribution in [2.24, 2.45) is 0 Å². The van der Waals surface area contributed by atoms with Gasteiger partial charge in [-0.1, -0.05) is 74.9 Å². The van der Waals surface area contributed by atoms with Crippen LogP contribution in [-0.4, -0.2) is 3.21 Å². The van der Waals surface area contributed by atoms with Crippen LogP contribution < -0.4 is 24.8 Å². The Morgan fingerprint density at radius 2 is 1.40 bits per heavy atom. The number of rotatable bonds is 3. The van der Waals surface area contributed by atoms with Gasteiger partial charge in [-0.2, -0.15) is 53.1 Å². The summed E-state index contributed by atoms with van der Waals surface area (Å²) in [6.45, 7) is 8.95. The molecule has 1 aliphatic carbocycles. The monoisotopic (exact) mass is 708 g/mol. The van der Waals surface area contributed by atoms with E-state index < -0.39 is 0 Å². The summed E-state index contributed by atoms with van der Waals surface area (Å²) < 4.78 is 1.26. The molecule has 0 saturated heterocycles. The van der Waals surface area contributed by atoms with E-state index >= 15 is 0 Å². The zero-order valence-corrected chi connectivity index (χ0v) is 29.8. The smallest absolute Gasteiger partial charge is 0.0253 e. The normalized spacial score (nSPS) is 10.9. The largest absolute Gasteiger partial charge is 1.00 e. The van der Waals surface area contributed by atoms with Crippen molar-refractivity contribution in [3.8, 4) is 11.1 Å². The maximum Gasteiger partial charge on any atom is -0.0253 e. The fourth-order valence-electron chi connectivity index (χ4n) is 4.63. The molecule has 216 valence electrons. The van der Waals surface area contributed by atoms with Crippen LogP contribution in [0.3, 0.4) is 0 Å². The Bertz CT molecular complexity index is 1500. The molecular formula is C37H34Cl4Zr-2. The molecule has 42 heavy (non-hydrogen) atoms. The molecular weight excluding hydrogens is 677 g/mol. The molecule has 0 saturated carbocycles. The first-order chi connectivity index (χ1) is 19.2. The fourth-order valence-corrected chi connectivity index (χ4v) is 5.78. The SMILES string of the molecule is CCc1cc(C(C)(C)C)c[cH-]1.Clc1cccc([C](=[Zr+2])c2cccc(Cl)c2)c1.[Cl-].[Cl-].[c-]1cccc2c1Cc1ccccc1-2. The molecule has 0 fully saturated rings. The average molecular weight is 712 g/mol. The number of hydrogen-bond acceptors (Lipinski definition) is 0. The molecule has 0 unspecified atom stereocenters. The van der Waals surface area contributed by atoms with Crippen LogP contribution in [0.15, 0.2) is 109 Å². The van der Waals surface area contributed by atoms with Crippen molar-refractivity contribution in [2.45, 2.75) is 46.0 Å². The van der Waals surface area contributed by atoms with Crippen molar-refractivity contribution < 1.29 is 49.0 Å². The summed E-state index contributed by atoms with van der Waals surface area (Å²) in [6.07, 6.45) is 2.20. The summed E-state index contributed by atoms with van der Waals surface area (Å²) in [5.41, 5.74) is 11.1. The third kappa shape index (κ3) is 9.84. The summed E-state index contributed by atoms with van der Waals surface area (Å²) >= 11 is 13.3. The molecule has 0 spiro atoms. The van der Waals surface area contributed by atoms with Gasteiger partial charge in [0.1, 0.15) is 0 Å². The fraction of sp³-hybridized carbons (Fsp3) is 0.189. The second-order valence-corrected chi connectivity index (χ2v) is 13.0. The van der Waals surface area contributed by atoms with Gasteiger partial charge in [-0.25, -0.2) is 6.07 Å². The number of halogens is 4. The Kier molecular flexibility index (Phi) is 14.6. The second kappa shape index (κ2) is 16.8. The number of fused-ring (bicyclic) bond motifs is 3. The summed E-state index contributed by atoms with van der Waals surface area (Å²) in [5, 5.41) is 1.53. The van der Waals surface area contributed by atoms with Crippen LogP contribution in [0.4, 0.5) is 0 Å². The van der Waals surface area contributed by atoms with Crippen molar-refractivity contribution in [1.29, 1.82) is 0 Å². The van der Waals surface area contributed by atoms with Crippen LogP contribution in [0.5, 0.6) is 0 Å². The van der Waals surface area contributed by atoms with E-state index in [4.69, 9.17) is 23.2 Å². The van der Waals surface area contributed by atoms with E-state index in [9.17, 15) is 0 Å². The Balaban J connectivity index is 0.000000219. The summed E-state index contributed by atoms with van der Waals surface area (Å²) in [5.74, 6) is 0. The Labute approximate surface area is 289 Å². The van der Waals surface area contributed by atoms with Crippen molar-refractivity contribution >= 4 is 26.4 Å². The molecule has 6 rings (SSSR count). The predicted molar refractivity (Wildman–Crippen MR) is 170 cm³/mol. The van der Waals surface area contributed by atoms with Gasteiger partial charge in [0.05, 0.1) is 0 Å². The van der Waals surface area contributed by atoms with E-state index in [0.29, 0.717) is 5.41 Å². The quantitative estimate of drug-likeness (QED) is 0.239. The molecule has 0 bridgehead atoms. The van der Waals surface area contributed by atoms with Gasteiger partial charge in [-0.15, -0.1) is 5.56 Å². The first-order valence-corrected chi connectivity index (χ1v) is 15.6. The van der Waals surface area contributed by atoms with Crippen molar-refractivity contribution in [1.82, 2.24) is 0 Å². The van der Waals surface area contributed by atoms with Crippen LogP contribution in [0.25, 0.3) is 11.1 Å². The molecule has 5 heteroatoms. The van der Waals surface area contributed by atoms with E-state index in [0.717, 1.165) is 34.0 Å². The zero-order valence-electron chi connectivity index (χ0n) is 24.3. The predicted octanol–water partition coefficient (Wildman–Crippen LogP) is 4.44. The van der Waals surface area contributed by atoms with Gasteiger partial charge in [0.25, 0.3) is 0 Å². The Hall–Kier alpha value is -1.86. The van der Waals surface area contributed by atoms with Gasteiger partial charge in [0.15, 0.2) is 0 Å². The van der Waals surface area contributed by atoms with E-state index in [1.165, 1.54) is 60.8 Å². The Morgan fingerprint density at radius 1 is 0.810 bits per heavy atom. The third-order valence-corrected chi connectivity index (χ3v) is 8.82. The molecule has 0 N–H and O–H groups in total. The molecule has 0 radical (unpaired) electrons. The van der Waals surface area contributed by atoms with Crippen LogP contribution in [0, 0.1) is 6.07 Å². The zero-order chi connectivity index (χ0) is 28.7. The minimum atomic E-state index is 0. The first-order valence-electron chi connectivity index (χ1n) is 13.6. The molecule has 0 aliphatic heterocycles. The minimum absolute atomic E-state index is 0. The molecule has 0 atom stereocenters. The Morgan fingerprint density at radius 3 is 1.93 bits per heavy atom. The van der Waals surface area contributed by atoms with Gasteiger partial charge in [-0.05, 0) is 6.42 Å². The number of benzene rings is 4. The molecule has 1 aliphatic rings. The van der Waals surface area contributed by atoms with E-state index in [1.54, 1.807) is 0 Å². The molecule has 0 amide bonds.